The molecule has 6 aromatic carbocycles. The lowest BCUT2D eigenvalue weighted by atomic mass is 9.92. The first-order valence-electron chi connectivity index (χ1n) is 45.1. The number of carboxylic acid groups (broad SMARTS) is 1. The summed E-state index contributed by atoms with van der Waals surface area (Å²) >= 11 is 0. The Labute approximate surface area is 773 Å². The maximum atomic E-state index is 14.0. The molecule has 8 amide bonds. The number of nitrogens with one attached hydrogen (secondary N) is 8. The fourth-order valence-electron chi connectivity index (χ4n) is 19.0. The van der Waals surface area contributed by atoms with Crippen LogP contribution in [0.2, 0.25) is 0 Å². The van der Waals surface area contributed by atoms with Gasteiger partial charge in [-0.15, -0.1) is 0 Å². The molecule has 0 spiro atoms. The van der Waals surface area contributed by atoms with Gasteiger partial charge in [-0.1, -0.05) is 99.2 Å². The van der Waals surface area contributed by atoms with Crippen molar-refractivity contribution in [2.45, 2.75) is 215 Å². The van der Waals surface area contributed by atoms with Crippen molar-refractivity contribution in [3.05, 3.63) is 132 Å². The normalized spacial score (nSPS) is 19.8. The van der Waals surface area contributed by atoms with Gasteiger partial charge in [-0.25, -0.2) is 48.7 Å². The summed E-state index contributed by atoms with van der Waals surface area (Å²) in [7, 11) is 8.40. The minimum Gasteiger partial charge on any atom is -0.488 e. The summed E-state index contributed by atoms with van der Waals surface area (Å²) in [6, 6.07) is 25.0. The molecule has 6 aliphatic rings. The molecule has 10 aromatic rings. The molecule has 4 fully saturated rings. The first-order valence-corrected chi connectivity index (χ1v) is 45.1. The van der Waals surface area contributed by atoms with Crippen molar-refractivity contribution < 1.29 is 90.9 Å². The molecule has 0 aliphatic carbocycles. The van der Waals surface area contributed by atoms with Crippen LogP contribution >= 0.6 is 0 Å². The van der Waals surface area contributed by atoms with Crippen LogP contribution in [0.15, 0.2) is 97.3 Å². The van der Waals surface area contributed by atoms with Gasteiger partial charge >= 0.3 is 36.4 Å². The highest BCUT2D eigenvalue weighted by Gasteiger charge is 2.47. The Kier molecular flexibility index (Phi) is 30.0. The maximum absolute atomic E-state index is 14.0. The van der Waals surface area contributed by atoms with E-state index in [4.69, 9.17) is 62.9 Å². The molecule has 6 aliphatic heterocycles. The zero-order chi connectivity index (χ0) is 94.7. The number of likely N-dealkylation sites (tertiary alicyclic amines) is 4. The van der Waals surface area contributed by atoms with Crippen molar-refractivity contribution in [3.63, 3.8) is 0 Å². The number of methoxy groups -OCH3 is 6. The number of carbonyl (C=O) groups excluding carboxylic acids is 8. The number of aromatic amines is 4. The van der Waals surface area contributed by atoms with Crippen LogP contribution in [0, 0.1) is 35.5 Å². The molecule has 0 bridgehead atoms. The number of aromatic nitrogens is 8. The molecule has 16 rings (SSSR count). The lowest BCUT2D eigenvalue weighted by Crippen LogP contribution is -2.52. The third kappa shape index (κ3) is 20.8. The summed E-state index contributed by atoms with van der Waals surface area (Å²) in [5, 5.41) is 23.0. The van der Waals surface area contributed by atoms with Crippen LogP contribution in [-0.4, -0.2) is 230 Å². The van der Waals surface area contributed by atoms with Crippen molar-refractivity contribution in [2.75, 3.05) is 69.0 Å². The minimum atomic E-state index is -1.06. The van der Waals surface area contributed by atoms with Crippen LogP contribution in [-0.2, 0) is 65.5 Å². The molecule has 12 atom stereocenters. The maximum Gasteiger partial charge on any atom is 0.410 e. The number of ether oxygens (including phenoxy) is 9. The monoisotopic (exact) mass is 1830 g/mol. The summed E-state index contributed by atoms with van der Waals surface area (Å²) < 4.78 is 48.3. The van der Waals surface area contributed by atoms with Gasteiger partial charge in [0.05, 0.1) is 112 Å². The molecule has 133 heavy (non-hydrogen) atoms. The van der Waals surface area contributed by atoms with Gasteiger partial charge in [-0.2, -0.15) is 0 Å². The largest absolute Gasteiger partial charge is 0.488 e. The summed E-state index contributed by atoms with van der Waals surface area (Å²) in [6.45, 7) is 27.3. The second-order valence-electron chi connectivity index (χ2n) is 37.4. The lowest BCUT2D eigenvalue weighted by molar-refractivity contribution is -0.140. The number of carbonyl (C=O) groups is 9. The highest BCUT2D eigenvalue weighted by molar-refractivity contribution is 6.08. The summed E-state index contributed by atoms with van der Waals surface area (Å²) in [6.07, 6.45) is 5.15. The van der Waals surface area contributed by atoms with Crippen molar-refractivity contribution >= 4 is 97.8 Å². The molecule has 9 N–H and O–H groups in total. The Morgan fingerprint density at radius 2 is 0.850 bits per heavy atom. The first-order chi connectivity index (χ1) is 63.0. The van der Waals surface area contributed by atoms with Crippen molar-refractivity contribution in [1.29, 1.82) is 0 Å². The van der Waals surface area contributed by atoms with Crippen LogP contribution in [0.1, 0.15) is 195 Å². The molecule has 35 nitrogen and oxygen atoms in total. The summed E-state index contributed by atoms with van der Waals surface area (Å²) in [4.78, 5) is 154. The SMILES string of the molecule is C.COC(=O)NC(C(=O)O)C(C)C.COC[C@H]1CC(c2ncc(-c3ccc4c(c3)COc3cc5c(ccc6[nH]c([C@@H]7CC[C@H](C)N7C(=O)[C@@H](NC(=O)OC)C(C)C)nc65)cc3-4)[nH]2)N(C(=O)OC(C)(C)C)C1.COC[C@H]1CC(c2ncc(-c3ccc4c(c3)COc3cc5c(ccc6[nH]c([C@@H]7CC[C@H](C)N7C(=O)[C@@H](NC(=O)OC)C(C)C)nc65)cc3-4)[nH]2)N(C(=O)[C@@H](NC(=O)OC)C(C)C)C1. The van der Waals surface area contributed by atoms with Gasteiger partial charge in [-0.3, -0.25) is 19.3 Å². The number of amides is 8. The Bertz CT molecular complexity index is 5970. The topological polar surface area (TPSA) is 433 Å². The van der Waals surface area contributed by atoms with E-state index in [1.54, 1.807) is 44.1 Å². The van der Waals surface area contributed by atoms with Gasteiger partial charge in [0.15, 0.2) is 0 Å². The van der Waals surface area contributed by atoms with Gasteiger partial charge in [0.25, 0.3) is 0 Å². The average molecular weight is 1830 g/mol. The average Bonchev–Trinajstić information content (AvgIpc) is 1.63. The summed E-state index contributed by atoms with van der Waals surface area (Å²) in [5.74, 6) is 2.50. The molecule has 0 saturated carbocycles. The number of aliphatic carboxylic acids is 1. The van der Waals surface area contributed by atoms with Gasteiger partial charge < -0.3 is 104 Å². The predicted molar refractivity (Wildman–Crippen MR) is 500 cm³/mol. The first kappa shape index (κ1) is 97.5. The fraction of sp³-hybridized carbons (Fsp3) is 0.500. The number of hydrogen-bond donors (Lipinski definition) is 9. The zero-order valence-corrected chi connectivity index (χ0v) is 78.3. The molecule has 10 heterocycles. The smallest absolute Gasteiger partial charge is 0.410 e. The van der Waals surface area contributed by atoms with Gasteiger partial charge in [-0.05, 0) is 189 Å². The highest BCUT2D eigenvalue weighted by atomic mass is 16.6. The van der Waals surface area contributed by atoms with Crippen LogP contribution < -0.4 is 30.7 Å². The standard InChI is InChI=1S/C46H56N8O8.C44H53N7O7.C7H13NO4.CH4/c1-23(2)38(51-45(57)60-7)43(55)53-20-26(21-59-6)15-36(53)41-47-19-34(49-41)28-10-12-30-29(16-28)22-62-37-18-31-27(17-32(30)37)11-13-33-40(31)50-42(48-33)35-14-9-25(5)54(35)44(56)39(24(3)4)52-46(58)61-8;1-23(2)37(49-42(53)56-8)41(52)51-24(3)9-14-34(51)40-46-32-13-11-26-17-31-29-12-10-27(16-28(29)22-57-36(31)18-30(26)38(32)48-40)33-19-45-39(47-33)35-15-25(21-55-7)20-50(35)43(54)58-44(4,5)6;1-4(2)5(6(9)10)8-7(11)12-3;/h10-13,16-19,23-26,35-36,38-39H,9,14-15,20-22H2,1-8H3,(H,47,49)(H,48,50)(H,51,57)(H,52,58);10-13,16-19,23-25,34-35,37H,9,14-15,20-22H2,1-8H3,(H,45,47)(H,46,48)(H,49,53);4-5H,1-3H3,(H,8,11)(H,9,10);1H4/t25-,26-,35-,36?,38-,39-;24-,25-,34-,35?,37-;;/m00../s1. The number of fused-ring (bicyclic) bond motifs is 12. The number of carboxylic acids is 1. The second kappa shape index (κ2) is 41.0. The lowest BCUT2D eigenvalue weighted by Gasteiger charge is -2.32. The Morgan fingerprint density at radius 3 is 1.23 bits per heavy atom. The fourth-order valence-corrected chi connectivity index (χ4v) is 19.0. The van der Waals surface area contributed by atoms with Crippen LogP contribution in [0.5, 0.6) is 11.5 Å². The zero-order valence-electron chi connectivity index (χ0n) is 78.3. The predicted octanol–water partition coefficient (Wildman–Crippen LogP) is 16.1. The Balaban J connectivity index is 0.000000200. The number of nitrogens with zero attached hydrogens (tertiary/aromatic N) is 8. The van der Waals surface area contributed by atoms with E-state index in [1.165, 1.54) is 28.4 Å². The number of imidazole rings is 4. The van der Waals surface area contributed by atoms with Crippen molar-refractivity contribution in [2.24, 2.45) is 35.5 Å². The molecule has 0 radical (unpaired) electrons. The molecular formula is C98H126N16O19. The molecule has 3 unspecified atom stereocenters. The van der Waals surface area contributed by atoms with Gasteiger partial charge in [0.2, 0.25) is 17.7 Å². The molecule has 4 saturated heterocycles. The molecule has 4 aromatic heterocycles. The van der Waals surface area contributed by atoms with Crippen LogP contribution in [0.3, 0.4) is 0 Å². The number of H-pyrrole nitrogens is 4. The highest BCUT2D eigenvalue weighted by Crippen LogP contribution is 2.48. The van der Waals surface area contributed by atoms with Crippen LogP contribution in [0.4, 0.5) is 24.0 Å². The van der Waals surface area contributed by atoms with Crippen LogP contribution in [0.25, 0.3) is 88.4 Å². The minimum absolute atomic E-state index is 0. The third-order valence-electron chi connectivity index (χ3n) is 25.7. The Morgan fingerprint density at radius 1 is 0.466 bits per heavy atom. The van der Waals surface area contributed by atoms with E-state index in [2.05, 4.69) is 119 Å². The number of benzene rings is 6. The van der Waals surface area contributed by atoms with Crippen molar-refractivity contribution in [3.8, 4) is 56.3 Å². The molecule has 35 heteroatoms. The Hall–Kier alpha value is -13.1. The van der Waals surface area contributed by atoms with Crippen molar-refractivity contribution in [1.82, 2.24) is 80.7 Å². The van der Waals surface area contributed by atoms with E-state index >= 15 is 0 Å². The number of rotatable bonds is 22. The van der Waals surface area contributed by atoms with Gasteiger partial charge in [0.1, 0.15) is 77.8 Å². The quantitative estimate of drug-likeness (QED) is 0.0285. The third-order valence-corrected chi connectivity index (χ3v) is 25.7. The van der Waals surface area contributed by atoms with E-state index in [1.807, 2.05) is 104 Å². The van der Waals surface area contributed by atoms with E-state index < -0.39 is 60.1 Å². The van der Waals surface area contributed by atoms with E-state index in [0.29, 0.717) is 57.6 Å². The number of alkyl carbamates (subject to hydrolysis) is 4. The number of hydrogen-bond acceptors (Lipinski definition) is 22. The molecule has 712 valence electrons. The van der Waals surface area contributed by atoms with E-state index in [-0.39, 0.29) is 103 Å². The van der Waals surface area contributed by atoms with E-state index in [0.717, 1.165) is 155 Å². The molecular weight excluding hydrogens is 1710 g/mol. The second-order valence-corrected chi connectivity index (χ2v) is 37.4. The summed E-state index contributed by atoms with van der Waals surface area (Å²) in [5.41, 5.74) is 12.6. The van der Waals surface area contributed by atoms with Gasteiger partial charge in [0, 0.05) is 73.1 Å². The van der Waals surface area contributed by atoms with E-state index in [9.17, 15) is 43.2 Å².